The van der Waals surface area contributed by atoms with Gasteiger partial charge >= 0.3 is 0 Å². The molecule has 0 spiro atoms. The van der Waals surface area contributed by atoms with Gasteiger partial charge in [0.2, 0.25) is 0 Å². The van der Waals surface area contributed by atoms with Gasteiger partial charge in [0.1, 0.15) is 5.69 Å². The Bertz CT molecular complexity index is 4220. The minimum absolute atomic E-state index is 0.00690. The Labute approximate surface area is 475 Å². The first-order valence-corrected chi connectivity index (χ1v) is 29.9. The molecule has 79 heavy (non-hydrogen) atoms. The van der Waals surface area contributed by atoms with Crippen molar-refractivity contribution in [3.63, 3.8) is 0 Å². The zero-order valence-electron chi connectivity index (χ0n) is 50.1. The molecule has 0 amide bonds. The molecule has 0 radical (unpaired) electrons. The number of benzene rings is 8. The predicted octanol–water partition coefficient (Wildman–Crippen LogP) is 17.7. The van der Waals surface area contributed by atoms with Crippen LogP contribution in [0.3, 0.4) is 0 Å². The van der Waals surface area contributed by atoms with Gasteiger partial charge < -0.3 is 9.47 Å². The van der Waals surface area contributed by atoms with Crippen LogP contribution >= 0.6 is 11.8 Å². The third-order valence-electron chi connectivity index (χ3n) is 18.0. The first kappa shape index (κ1) is 51.7. The third-order valence-corrected chi connectivity index (χ3v) is 19.1. The van der Waals surface area contributed by atoms with E-state index in [1.165, 1.54) is 149 Å². The molecule has 0 saturated heterocycles. The molecule has 2 aromatic heterocycles. The van der Waals surface area contributed by atoms with E-state index in [0.717, 1.165) is 0 Å². The molecule has 0 N–H and O–H groups in total. The Morgan fingerprint density at radius 3 is 1.71 bits per heavy atom. The van der Waals surface area contributed by atoms with E-state index in [1.807, 2.05) is 11.8 Å². The molecule has 0 atom stereocenters. The summed E-state index contributed by atoms with van der Waals surface area (Å²) in [4.78, 5) is 5.35. The molecule has 3 aliphatic heterocycles. The van der Waals surface area contributed by atoms with E-state index in [0.29, 0.717) is 11.8 Å². The Kier molecular flexibility index (Phi) is 11.4. The maximum atomic E-state index is 2.70. The van der Waals surface area contributed by atoms with E-state index < -0.39 is 0 Å². The van der Waals surface area contributed by atoms with Crippen LogP contribution in [-0.2, 0) is 28.7 Å². The Morgan fingerprint density at radius 1 is 0.481 bits per heavy atom. The predicted molar refractivity (Wildman–Crippen MR) is 341 cm³/mol. The summed E-state index contributed by atoms with van der Waals surface area (Å²) in [6, 6.07) is 53.3. The average molecular weight is 1050 g/mol. The average Bonchev–Trinajstić information content (AvgIpc) is 3.06. The highest BCUT2D eigenvalue weighted by molar-refractivity contribution is 7.99. The third kappa shape index (κ3) is 7.73. The van der Waals surface area contributed by atoms with E-state index >= 15 is 0 Å². The number of rotatable bonds is 5. The Balaban J connectivity index is 1.24. The number of para-hydroxylation sites is 2. The summed E-state index contributed by atoms with van der Waals surface area (Å²) in [6.07, 6.45) is 0. The van der Waals surface area contributed by atoms with Crippen molar-refractivity contribution in [3.05, 3.63) is 172 Å². The van der Waals surface area contributed by atoms with Crippen molar-refractivity contribution in [2.75, 3.05) is 4.90 Å². The van der Waals surface area contributed by atoms with E-state index in [4.69, 9.17) is 0 Å². The number of aromatic nitrogens is 3. The van der Waals surface area contributed by atoms with Crippen LogP contribution in [0, 0.1) is 6.92 Å². The van der Waals surface area contributed by atoms with Crippen LogP contribution in [-0.4, -0.2) is 15.8 Å². The summed E-state index contributed by atoms with van der Waals surface area (Å²) in [5, 5.41) is 2.67. The fraction of sp³-hybridized carbons (Fsp3) is 0.329. The molecule has 398 valence electrons. The summed E-state index contributed by atoms with van der Waals surface area (Å²) in [7, 11) is 2.29. The van der Waals surface area contributed by atoms with Gasteiger partial charge in [-0.3, -0.25) is 0 Å². The maximum Gasteiger partial charge on any atom is 0.295 e. The van der Waals surface area contributed by atoms with Crippen molar-refractivity contribution in [2.45, 2.75) is 161 Å². The molecule has 3 aliphatic rings. The van der Waals surface area contributed by atoms with Crippen LogP contribution in [0.25, 0.3) is 66.7 Å². The zero-order valence-corrected chi connectivity index (χ0v) is 50.9. The summed E-state index contributed by atoms with van der Waals surface area (Å²) in [5.74, 6) is 1.78. The van der Waals surface area contributed by atoms with Crippen molar-refractivity contribution in [3.8, 4) is 33.9 Å². The highest BCUT2D eigenvalue weighted by atomic mass is 32.2. The van der Waals surface area contributed by atoms with Crippen LogP contribution in [0.1, 0.15) is 162 Å². The van der Waals surface area contributed by atoms with E-state index in [9.17, 15) is 0 Å². The van der Waals surface area contributed by atoms with Gasteiger partial charge in [-0.2, -0.15) is 4.57 Å². The zero-order chi connectivity index (χ0) is 55.9. The molecule has 6 heteroatoms. The van der Waals surface area contributed by atoms with E-state index in [-0.39, 0.29) is 28.4 Å². The van der Waals surface area contributed by atoms with Crippen molar-refractivity contribution in [1.29, 1.82) is 0 Å². The van der Waals surface area contributed by atoms with Crippen LogP contribution in [0.4, 0.5) is 17.1 Å². The second-order valence-corrected chi connectivity index (χ2v) is 29.3. The molecule has 4 nitrogen and oxygen atoms in total. The lowest BCUT2D eigenvalue weighted by molar-refractivity contribution is -0.633. The number of aryl methyl sites for hydroxylation is 2. The van der Waals surface area contributed by atoms with Gasteiger partial charge in [-0.05, 0) is 157 Å². The smallest absolute Gasteiger partial charge is 0.295 e. The molecule has 5 heterocycles. The molecule has 0 unspecified atom stereocenters. The lowest BCUT2D eigenvalue weighted by Crippen LogP contribution is -2.61. The lowest BCUT2D eigenvalue weighted by Gasteiger charge is -2.45. The van der Waals surface area contributed by atoms with Gasteiger partial charge in [-0.25, -0.2) is 4.57 Å². The standard InChI is InChI=1S/C73H78BN4S/c1-41(2)49-25-21-26-50(42(3)4)65(49)78-67-52(27-22-28-59(67)75(18)69(78)51-24-20-19-23-43(51)5)44-33-60-64-61(34-44)77-58-32-30-46(71(9,10)11)39-62(58)79-63-40-48(73(15,16)17)38-56(68(63)77)74(64)55-37-47(72(12,13)14)36-54-53-35-45(70(6,7)8)29-31-57(53)76(60)66(54)55/h19-42H,1-18H3/q+1. The minimum Gasteiger partial charge on any atom is -0.310 e. The second kappa shape index (κ2) is 17.4. The summed E-state index contributed by atoms with van der Waals surface area (Å²) >= 11 is 1.97. The van der Waals surface area contributed by atoms with Crippen LogP contribution in [0.5, 0.6) is 0 Å². The first-order chi connectivity index (χ1) is 37.2. The van der Waals surface area contributed by atoms with Gasteiger partial charge in [0, 0.05) is 54.1 Å². The highest BCUT2D eigenvalue weighted by Crippen LogP contribution is 2.56. The summed E-state index contributed by atoms with van der Waals surface area (Å²) in [6.45, 7) is 40.1. The molecule has 0 fully saturated rings. The van der Waals surface area contributed by atoms with Gasteiger partial charge in [0.15, 0.2) is 11.0 Å². The molecular formula is C73H78BN4S+. The summed E-state index contributed by atoms with van der Waals surface area (Å²) < 4.78 is 7.84. The minimum atomic E-state index is -0.0782. The Hall–Kier alpha value is -6.76. The molecule has 0 bridgehead atoms. The number of nitrogens with zero attached hydrogens (tertiary/aromatic N) is 4. The van der Waals surface area contributed by atoms with E-state index in [2.05, 4.69) is 277 Å². The van der Waals surface area contributed by atoms with Gasteiger partial charge in [0.25, 0.3) is 12.5 Å². The largest absolute Gasteiger partial charge is 0.310 e. The summed E-state index contributed by atoms with van der Waals surface area (Å²) in [5.41, 5.74) is 28.5. The number of hydrogen-bond acceptors (Lipinski definition) is 2. The number of imidazole rings is 1. The van der Waals surface area contributed by atoms with Crippen molar-refractivity contribution >= 4 is 84.8 Å². The SMILES string of the molecule is Cc1ccccc1-c1n(-c2c(C(C)C)cccc2C(C)C)c2c(-c3cc4c5c(c3)-n3c6ccc(C(C)(C)C)cc6c6cc(C(C)(C)C)cc(c63)B5c3cc(C(C)(C)C)cc5c3N4c3ccc(C(C)(C)C)cc3S5)cccc2[n+]1C. The van der Waals surface area contributed by atoms with Crippen LogP contribution in [0.2, 0.25) is 0 Å². The maximum absolute atomic E-state index is 2.70. The van der Waals surface area contributed by atoms with E-state index in [1.54, 1.807) is 0 Å². The molecule has 13 rings (SSSR count). The molecular weight excluding hydrogens is 976 g/mol. The second-order valence-electron chi connectivity index (χ2n) is 28.2. The Morgan fingerprint density at radius 2 is 1.05 bits per heavy atom. The fourth-order valence-electron chi connectivity index (χ4n) is 13.6. The van der Waals surface area contributed by atoms with Crippen LogP contribution < -0.4 is 25.9 Å². The quantitative estimate of drug-likeness (QED) is 0.126. The molecule has 0 saturated carbocycles. The molecule has 10 aromatic rings. The number of hydrogen-bond donors (Lipinski definition) is 0. The van der Waals surface area contributed by atoms with Gasteiger partial charge in [-0.15, -0.1) is 0 Å². The topological polar surface area (TPSA) is 17.0 Å². The molecule has 0 aliphatic carbocycles. The lowest BCUT2D eigenvalue weighted by atomic mass is 9.33. The van der Waals surface area contributed by atoms with Crippen molar-refractivity contribution < 1.29 is 4.57 Å². The molecule has 8 aromatic carbocycles. The van der Waals surface area contributed by atoms with Crippen molar-refractivity contribution in [2.24, 2.45) is 7.05 Å². The monoisotopic (exact) mass is 1050 g/mol. The van der Waals surface area contributed by atoms with Crippen LogP contribution in [0.15, 0.2) is 143 Å². The number of fused-ring (bicyclic) bond motifs is 10. The van der Waals surface area contributed by atoms with Crippen molar-refractivity contribution in [1.82, 2.24) is 9.13 Å². The van der Waals surface area contributed by atoms with Gasteiger partial charge in [0.05, 0.1) is 29.5 Å². The fourth-order valence-corrected chi connectivity index (χ4v) is 14.7. The normalized spacial score (nSPS) is 14.1. The number of anilines is 3. The first-order valence-electron chi connectivity index (χ1n) is 29.1. The van der Waals surface area contributed by atoms with Gasteiger partial charge in [-0.1, -0.05) is 189 Å². The highest BCUT2D eigenvalue weighted by Gasteiger charge is 2.47.